The molecule has 0 amide bonds. The summed E-state index contributed by atoms with van der Waals surface area (Å²) in [4.78, 5) is 2.44. The minimum absolute atomic E-state index is 1.10. The van der Waals surface area contributed by atoms with Gasteiger partial charge in [-0.05, 0) is 113 Å². The zero-order valence-corrected chi connectivity index (χ0v) is 29.2. The Labute approximate surface area is 309 Å². The van der Waals surface area contributed by atoms with E-state index in [0.717, 1.165) is 17.1 Å². The highest BCUT2D eigenvalue weighted by Crippen LogP contribution is 2.48. The van der Waals surface area contributed by atoms with Crippen molar-refractivity contribution in [3.63, 3.8) is 0 Å². The van der Waals surface area contributed by atoms with Crippen molar-refractivity contribution in [1.82, 2.24) is 0 Å². The maximum atomic E-state index is 2.44. The van der Waals surface area contributed by atoms with Crippen LogP contribution in [-0.2, 0) is 0 Å². The highest BCUT2D eigenvalue weighted by Gasteiger charge is 2.22. The van der Waals surface area contributed by atoms with Crippen molar-refractivity contribution in [1.29, 1.82) is 0 Å². The van der Waals surface area contributed by atoms with Gasteiger partial charge >= 0.3 is 0 Å². The lowest BCUT2D eigenvalue weighted by atomic mass is 9.87. The fraction of sp³-hybridized carbons (Fsp3) is 0. The molecule has 0 bridgehead atoms. The number of hydrogen-bond donors (Lipinski definition) is 0. The largest absolute Gasteiger partial charge is 0.310 e. The smallest absolute Gasteiger partial charge is 0.0546 e. The van der Waals surface area contributed by atoms with E-state index in [9.17, 15) is 0 Å². The lowest BCUT2D eigenvalue weighted by Crippen LogP contribution is -2.12. The van der Waals surface area contributed by atoms with Crippen LogP contribution in [0.25, 0.3) is 76.5 Å². The summed E-state index contributed by atoms with van der Waals surface area (Å²) in [5.74, 6) is 0. The van der Waals surface area contributed by atoms with Gasteiger partial charge in [-0.15, -0.1) is 0 Å². The molecule has 10 aromatic carbocycles. The predicted molar refractivity (Wildman–Crippen MR) is 227 cm³/mol. The van der Waals surface area contributed by atoms with Crippen molar-refractivity contribution in [2.75, 3.05) is 4.90 Å². The van der Waals surface area contributed by atoms with Crippen LogP contribution in [0.5, 0.6) is 0 Å². The van der Waals surface area contributed by atoms with E-state index in [0.29, 0.717) is 0 Å². The first-order valence-electron chi connectivity index (χ1n) is 18.3. The summed E-state index contributed by atoms with van der Waals surface area (Å²) in [6, 6.07) is 77.5. The Kier molecular flexibility index (Phi) is 7.55. The second kappa shape index (κ2) is 13.0. The van der Waals surface area contributed by atoms with Crippen LogP contribution in [0.15, 0.2) is 212 Å². The van der Waals surface area contributed by atoms with E-state index in [1.165, 1.54) is 76.5 Å². The molecule has 0 N–H and O–H groups in total. The van der Waals surface area contributed by atoms with Gasteiger partial charge in [0.05, 0.1) is 5.69 Å². The molecule has 0 fully saturated rings. The highest BCUT2D eigenvalue weighted by atomic mass is 15.1. The lowest BCUT2D eigenvalue weighted by molar-refractivity contribution is 1.29. The lowest BCUT2D eigenvalue weighted by Gasteiger charge is -2.30. The molecule has 0 radical (unpaired) electrons. The summed E-state index contributed by atoms with van der Waals surface area (Å²) in [6.45, 7) is 0. The zero-order chi connectivity index (χ0) is 35.1. The second-order valence-corrected chi connectivity index (χ2v) is 13.7. The number of rotatable bonds is 6. The molecule has 0 saturated carbocycles. The Bertz CT molecular complexity index is 2940. The summed E-state index contributed by atoms with van der Waals surface area (Å²) in [5.41, 5.74) is 10.5. The second-order valence-electron chi connectivity index (χ2n) is 13.7. The third kappa shape index (κ3) is 5.51. The normalized spacial score (nSPS) is 11.4. The fourth-order valence-corrected chi connectivity index (χ4v) is 8.05. The summed E-state index contributed by atoms with van der Waals surface area (Å²) >= 11 is 0. The molecule has 0 saturated heterocycles. The first kappa shape index (κ1) is 30.8. The SMILES string of the molecule is c1ccc(-c2ccc(N(c3ccc4ccccc4c3)c3cccc(-c4cc5ccccc5c5ccccc45)c3-c3ccc4ccccc4c3)cc2)cc1. The van der Waals surface area contributed by atoms with Gasteiger partial charge in [-0.3, -0.25) is 0 Å². The van der Waals surface area contributed by atoms with Crippen LogP contribution in [0.4, 0.5) is 17.1 Å². The van der Waals surface area contributed by atoms with Gasteiger partial charge in [-0.1, -0.05) is 170 Å². The first-order chi connectivity index (χ1) is 26.3. The molecule has 53 heavy (non-hydrogen) atoms. The van der Waals surface area contributed by atoms with Crippen LogP contribution in [0.3, 0.4) is 0 Å². The van der Waals surface area contributed by atoms with E-state index in [2.05, 4.69) is 217 Å². The maximum absolute atomic E-state index is 2.44. The van der Waals surface area contributed by atoms with E-state index in [1.807, 2.05) is 0 Å². The number of nitrogens with zero attached hydrogens (tertiary/aromatic N) is 1. The molecule has 10 aromatic rings. The topological polar surface area (TPSA) is 3.24 Å². The van der Waals surface area contributed by atoms with Crippen LogP contribution >= 0.6 is 0 Å². The quantitative estimate of drug-likeness (QED) is 0.159. The van der Waals surface area contributed by atoms with Gasteiger partial charge in [0.1, 0.15) is 0 Å². The third-order valence-corrected chi connectivity index (χ3v) is 10.6. The molecule has 0 aliphatic carbocycles. The van der Waals surface area contributed by atoms with Crippen molar-refractivity contribution in [3.05, 3.63) is 212 Å². The van der Waals surface area contributed by atoms with Crippen molar-refractivity contribution in [3.8, 4) is 33.4 Å². The molecule has 0 aromatic heterocycles. The highest BCUT2D eigenvalue weighted by molar-refractivity contribution is 6.16. The molecule has 0 unspecified atom stereocenters. The number of fused-ring (bicyclic) bond motifs is 5. The molecule has 1 heteroatoms. The first-order valence-corrected chi connectivity index (χ1v) is 18.3. The maximum Gasteiger partial charge on any atom is 0.0546 e. The van der Waals surface area contributed by atoms with Gasteiger partial charge < -0.3 is 4.90 Å². The van der Waals surface area contributed by atoms with E-state index >= 15 is 0 Å². The molecule has 1 nitrogen and oxygen atoms in total. The zero-order valence-electron chi connectivity index (χ0n) is 29.2. The average Bonchev–Trinajstić information content (AvgIpc) is 3.24. The minimum Gasteiger partial charge on any atom is -0.310 e. The van der Waals surface area contributed by atoms with E-state index in [1.54, 1.807) is 0 Å². The molecular weight excluding hydrogens is 639 g/mol. The molecule has 0 aliphatic heterocycles. The van der Waals surface area contributed by atoms with Gasteiger partial charge in [-0.25, -0.2) is 0 Å². The summed E-state index contributed by atoms with van der Waals surface area (Å²) in [6.07, 6.45) is 0. The van der Waals surface area contributed by atoms with Gasteiger partial charge in [0.25, 0.3) is 0 Å². The Hall–Kier alpha value is -6.96. The van der Waals surface area contributed by atoms with E-state index in [4.69, 9.17) is 0 Å². The summed E-state index contributed by atoms with van der Waals surface area (Å²) < 4.78 is 0. The summed E-state index contributed by atoms with van der Waals surface area (Å²) in [5, 5.41) is 9.90. The van der Waals surface area contributed by atoms with Crippen LogP contribution in [0.1, 0.15) is 0 Å². The van der Waals surface area contributed by atoms with Crippen molar-refractivity contribution in [2.24, 2.45) is 0 Å². The van der Waals surface area contributed by atoms with Gasteiger partial charge in [0, 0.05) is 16.9 Å². The Morgan fingerprint density at radius 2 is 0.811 bits per heavy atom. The Morgan fingerprint density at radius 1 is 0.264 bits per heavy atom. The monoisotopic (exact) mass is 673 g/mol. The standard InChI is InChI=1S/C52H35N/c1-2-13-36(14-3-1)39-27-30-44(31-28-39)53(45-32-29-38-16-5-7-18-41(38)34-45)51-24-12-23-49(52(51)43-26-25-37-15-4-6-17-40(37)33-43)50-35-42-19-8-9-20-46(42)47-21-10-11-22-48(47)50/h1-35H. The Balaban J connectivity index is 1.28. The van der Waals surface area contributed by atoms with Gasteiger partial charge in [-0.2, -0.15) is 0 Å². The number of benzene rings is 10. The number of hydrogen-bond acceptors (Lipinski definition) is 1. The predicted octanol–water partition coefficient (Wildman–Crippen LogP) is 14.8. The average molecular weight is 674 g/mol. The van der Waals surface area contributed by atoms with Crippen molar-refractivity contribution in [2.45, 2.75) is 0 Å². The minimum atomic E-state index is 1.10. The molecule has 0 atom stereocenters. The van der Waals surface area contributed by atoms with Gasteiger partial charge in [0.15, 0.2) is 0 Å². The van der Waals surface area contributed by atoms with E-state index in [-0.39, 0.29) is 0 Å². The van der Waals surface area contributed by atoms with Crippen molar-refractivity contribution < 1.29 is 0 Å². The summed E-state index contributed by atoms with van der Waals surface area (Å²) in [7, 11) is 0. The molecule has 248 valence electrons. The molecule has 10 rings (SSSR count). The molecule has 0 heterocycles. The molecule has 0 aliphatic rings. The van der Waals surface area contributed by atoms with Gasteiger partial charge in [0.2, 0.25) is 0 Å². The Morgan fingerprint density at radius 3 is 1.57 bits per heavy atom. The van der Waals surface area contributed by atoms with Crippen LogP contribution in [0, 0.1) is 0 Å². The molecule has 0 spiro atoms. The number of anilines is 3. The van der Waals surface area contributed by atoms with Crippen molar-refractivity contribution >= 4 is 60.2 Å². The van der Waals surface area contributed by atoms with E-state index < -0.39 is 0 Å². The van der Waals surface area contributed by atoms with Crippen LogP contribution in [-0.4, -0.2) is 0 Å². The third-order valence-electron chi connectivity index (χ3n) is 10.6. The molecular formula is C52H35N. The van der Waals surface area contributed by atoms with Crippen LogP contribution in [0.2, 0.25) is 0 Å². The van der Waals surface area contributed by atoms with Crippen LogP contribution < -0.4 is 4.90 Å². The fourth-order valence-electron chi connectivity index (χ4n) is 8.05.